The summed E-state index contributed by atoms with van der Waals surface area (Å²) in [6.45, 7) is 3.35. The predicted octanol–water partition coefficient (Wildman–Crippen LogP) is -1.46. The first-order valence-electron chi connectivity index (χ1n) is 6.35. The molecule has 21 heavy (non-hydrogen) atoms. The van der Waals surface area contributed by atoms with Crippen LogP contribution in [-0.2, 0) is 0 Å². The van der Waals surface area contributed by atoms with Gasteiger partial charge in [0.2, 0.25) is 5.52 Å². The predicted molar refractivity (Wildman–Crippen MR) is 71.0 cm³/mol. The Morgan fingerprint density at radius 3 is 2.90 bits per heavy atom. The summed E-state index contributed by atoms with van der Waals surface area (Å²) in [7, 11) is 0. The van der Waals surface area contributed by atoms with Crippen LogP contribution in [0.25, 0.3) is 11.2 Å². The maximum atomic E-state index is 14.4. The van der Waals surface area contributed by atoms with Gasteiger partial charge in [0, 0.05) is 5.92 Å². The number of imidazole rings is 1. The van der Waals surface area contributed by atoms with E-state index in [1.165, 1.54) is 10.9 Å². The van der Waals surface area contributed by atoms with Gasteiger partial charge in [0.05, 0.1) is 12.7 Å². The Kier molecular flexibility index (Phi) is 3.03. The molecule has 8 nitrogen and oxygen atoms in total. The Morgan fingerprint density at radius 1 is 1.57 bits per heavy atom. The standard InChI is InChI=1S/C12H14FN5O3/c1-4-5(2-19)9(20)6(13)8(4)18-3-15-7-10(18)16-12(14)17-11(7)21/h3,5-6,8-9,19-20H,1-2H2,(H3,14,16,17,21)/p+1. The van der Waals surface area contributed by atoms with E-state index in [0.717, 1.165) is 0 Å². The molecule has 0 bridgehead atoms. The van der Waals surface area contributed by atoms with Crippen LogP contribution in [0.15, 0.2) is 23.3 Å². The molecule has 0 spiro atoms. The SMILES string of the molecule is C=C1C(CO)C(O)C(F)C1[n+]1c[nH]c2c(=O)[nH]c(N)nc21. The molecule has 2 aromatic heterocycles. The molecular formula is C12H15FN5O3+. The zero-order valence-corrected chi connectivity index (χ0v) is 11.0. The first-order valence-corrected chi connectivity index (χ1v) is 6.35. The van der Waals surface area contributed by atoms with Gasteiger partial charge < -0.3 is 15.9 Å². The molecule has 4 unspecified atom stereocenters. The summed E-state index contributed by atoms with van der Waals surface area (Å²) in [5, 5.41) is 19.1. The number of nitrogens with two attached hydrogens (primary N) is 1. The average molecular weight is 296 g/mol. The molecule has 0 radical (unpaired) electrons. The lowest BCUT2D eigenvalue weighted by Gasteiger charge is -2.12. The topological polar surface area (TPSA) is 132 Å². The van der Waals surface area contributed by atoms with Gasteiger partial charge in [0.1, 0.15) is 6.04 Å². The summed E-state index contributed by atoms with van der Waals surface area (Å²) < 4.78 is 15.7. The Morgan fingerprint density at radius 2 is 2.29 bits per heavy atom. The number of fused-ring (bicyclic) bond motifs is 1. The van der Waals surface area contributed by atoms with Crippen molar-refractivity contribution < 1.29 is 19.2 Å². The Bertz CT molecular complexity index is 770. The minimum Gasteiger partial charge on any atom is -0.396 e. The lowest BCUT2D eigenvalue weighted by Crippen LogP contribution is -2.44. The lowest BCUT2D eigenvalue weighted by molar-refractivity contribution is -0.695. The Hall–Kier alpha value is -2.26. The van der Waals surface area contributed by atoms with E-state index in [-0.39, 0.29) is 17.1 Å². The summed E-state index contributed by atoms with van der Waals surface area (Å²) >= 11 is 0. The van der Waals surface area contributed by atoms with E-state index in [2.05, 4.69) is 21.5 Å². The molecule has 6 N–H and O–H groups in total. The number of aliphatic hydroxyl groups excluding tert-OH is 2. The van der Waals surface area contributed by atoms with Crippen molar-refractivity contribution in [3.63, 3.8) is 0 Å². The van der Waals surface area contributed by atoms with Crippen LogP contribution in [0, 0.1) is 5.92 Å². The van der Waals surface area contributed by atoms with Crippen LogP contribution in [-0.4, -0.2) is 44.0 Å². The van der Waals surface area contributed by atoms with Crippen molar-refractivity contribution in [2.45, 2.75) is 18.3 Å². The minimum absolute atomic E-state index is 0.0980. The number of aromatic amines is 2. The molecule has 0 amide bonds. The van der Waals surface area contributed by atoms with Crippen LogP contribution in [0.3, 0.4) is 0 Å². The Labute approximate surface area is 117 Å². The van der Waals surface area contributed by atoms with Crippen LogP contribution in [0.1, 0.15) is 6.04 Å². The molecule has 1 aliphatic carbocycles. The van der Waals surface area contributed by atoms with Crippen molar-refractivity contribution in [2.24, 2.45) is 5.92 Å². The highest BCUT2D eigenvalue weighted by molar-refractivity contribution is 5.66. The van der Waals surface area contributed by atoms with Crippen molar-refractivity contribution >= 4 is 17.1 Å². The van der Waals surface area contributed by atoms with Crippen molar-refractivity contribution in [3.8, 4) is 0 Å². The highest BCUT2D eigenvalue weighted by Crippen LogP contribution is 2.38. The molecule has 1 fully saturated rings. The molecule has 3 rings (SSSR count). The quantitative estimate of drug-likeness (QED) is 0.341. The summed E-state index contributed by atoms with van der Waals surface area (Å²) in [6, 6.07) is -0.931. The smallest absolute Gasteiger partial charge is 0.312 e. The van der Waals surface area contributed by atoms with Gasteiger partial charge in [0.25, 0.3) is 11.5 Å². The second-order valence-electron chi connectivity index (χ2n) is 5.07. The molecule has 2 heterocycles. The number of aliphatic hydroxyl groups is 2. The third-order valence-corrected chi connectivity index (χ3v) is 3.90. The third kappa shape index (κ3) is 1.85. The van der Waals surface area contributed by atoms with Gasteiger partial charge in [-0.2, -0.15) is 0 Å². The molecule has 112 valence electrons. The fourth-order valence-corrected chi connectivity index (χ4v) is 2.81. The number of nitrogens with one attached hydrogen (secondary N) is 2. The van der Waals surface area contributed by atoms with E-state index in [4.69, 9.17) is 5.73 Å². The maximum Gasteiger partial charge on any atom is 0.312 e. The maximum absolute atomic E-state index is 14.4. The lowest BCUT2D eigenvalue weighted by atomic mass is 10.0. The van der Waals surface area contributed by atoms with E-state index in [0.29, 0.717) is 5.57 Å². The Balaban J connectivity index is 2.17. The number of alkyl halides is 1. The molecule has 1 saturated carbocycles. The molecule has 4 atom stereocenters. The number of halogens is 1. The first kappa shape index (κ1) is 13.7. The molecule has 9 heteroatoms. The van der Waals surface area contributed by atoms with Crippen LogP contribution in [0.5, 0.6) is 0 Å². The molecular weight excluding hydrogens is 281 g/mol. The van der Waals surface area contributed by atoms with Crippen LogP contribution in [0.4, 0.5) is 10.3 Å². The summed E-state index contributed by atoms with van der Waals surface area (Å²) in [6.07, 6.45) is -1.65. The van der Waals surface area contributed by atoms with Gasteiger partial charge in [-0.3, -0.25) is 14.8 Å². The van der Waals surface area contributed by atoms with Gasteiger partial charge in [-0.05, 0) is 5.57 Å². The van der Waals surface area contributed by atoms with Gasteiger partial charge in [-0.1, -0.05) is 11.6 Å². The second-order valence-corrected chi connectivity index (χ2v) is 5.07. The van der Waals surface area contributed by atoms with E-state index < -0.39 is 36.4 Å². The highest BCUT2D eigenvalue weighted by atomic mass is 19.1. The van der Waals surface area contributed by atoms with E-state index >= 15 is 0 Å². The van der Waals surface area contributed by atoms with Gasteiger partial charge in [-0.15, -0.1) is 0 Å². The normalized spacial score (nSPS) is 29.4. The van der Waals surface area contributed by atoms with Crippen LogP contribution >= 0.6 is 0 Å². The number of H-pyrrole nitrogens is 2. The number of nitrogens with zero attached hydrogens (tertiary/aromatic N) is 2. The van der Waals surface area contributed by atoms with Crippen molar-refractivity contribution in [3.05, 3.63) is 28.8 Å². The second kappa shape index (κ2) is 4.64. The molecule has 0 aromatic carbocycles. The van der Waals surface area contributed by atoms with Gasteiger partial charge in [-0.25, -0.2) is 8.96 Å². The number of anilines is 1. The molecule has 1 aliphatic rings. The summed E-state index contributed by atoms with van der Waals surface area (Å²) in [4.78, 5) is 20.8. The zero-order valence-electron chi connectivity index (χ0n) is 11.0. The number of hydrogen-bond donors (Lipinski definition) is 5. The van der Waals surface area contributed by atoms with Crippen molar-refractivity contribution in [2.75, 3.05) is 12.3 Å². The zero-order chi connectivity index (χ0) is 15.3. The molecule has 2 aromatic rings. The van der Waals surface area contributed by atoms with Crippen molar-refractivity contribution in [1.82, 2.24) is 15.0 Å². The summed E-state index contributed by atoms with van der Waals surface area (Å²) in [5.41, 5.74) is 5.67. The fourth-order valence-electron chi connectivity index (χ4n) is 2.81. The first-order chi connectivity index (χ1) is 9.95. The number of nitrogen functional groups attached to an aromatic ring is 1. The third-order valence-electron chi connectivity index (χ3n) is 3.90. The summed E-state index contributed by atoms with van der Waals surface area (Å²) in [5.74, 6) is -0.860. The molecule has 0 saturated heterocycles. The van der Waals surface area contributed by atoms with Crippen LogP contribution in [0.2, 0.25) is 0 Å². The average Bonchev–Trinajstić information content (AvgIpc) is 2.91. The number of hydrogen-bond acceptors (Lipinski definition) is 5. The number of rotatable bonds is 2. The van der Waals surface area contributed by atoms with Gasteiger partial charge >= 0.3 is 5.65 Å². The highest BCUT2D eigenvalue weighted by Gasteiger charge is 2.49. The fraction of sp³-hybridized carbons (Fsp3) is 0.417. The monoisotopic (exact) mass is 296 g/mol. The van der Waals surface area contributed by atoms with E-state index in [9.17, 15) is 19.4 Å². The molecule has 0 aliphatic heterocycles. The van der Waals surface area contributed by atoms with Crippen molar-refractivity contribution in [1.29, 1.82) is 0 Å². The van der Waals surface area contributed by atoms with E-state index in [1.807, 2.05) is 0 Å². The minimum atomic E-state index is -1.67. The largest absolute Gasteiger partial charge is 0.396 e. The van der Waals surface area contributed by atoms with Gasteiger partial charge in [0.15, 0.2) is 12.5 Å². The van der Waals surface area contributed by atoms with E-state index in [1.54, 1.807) is 0 Å². The number of aromatic nitrogens is 4. The van der Waals surface area contributed by atoms with Crippen LogP contribution < -0.4 is 15.9 Å².